The normalized spacial score (nSPS) is 19.8. The van der Waals surface area contributed by atoms with Gasteiger partial charge < -0.3 is 30.2 Å². The van der Waals surface area contributed by atoms with Gasteiger partial charge in [-0.25, -0.2) is 15.0 Å². The monoisotopic (exact) mass is 657 g/mol. The van der Waals surface area contributed by atoms with Gasteiger partial charge in [-0.1, -0.05) is 97.1 Å². The number of nitrogens with two attached hydrogens (primary N) is 1. The van der Waals surface area contributed by atoms with Crippen LogP contribution in [0, 0.1) is 0 Å². The molecule has 4 N–H and O–H groups in total. The van der Waals surface area contributed by atoms with Crippen LogP contribution < -0.4 is 15.2 Å². The number of imidazole rings is 1. The lowest BCUT2D eigenvalue weighted by atomic mass is 9.63. The van der Waals surface area contributed by atoms with Gasteiger partial charge in [-0.3, -0.25) is 9.36 Å². The molecule has 11 heteroatoms. The quantitative estimate of drug-likeness (QED) is 0.142. The molecule has 1 saturated heterocycles. The summed E-state index contributed by atoms with van der Waals surface area (Å²) in [5.41, 5.74) is 5.50. The van der Waals surface area contributed by atoms with Crippen molar-refractivity contribution >= 4 is 22.8 Å². The highest BCUT2D eigenvalue weighted by Crippen LogP contribution is 2.52. The van der Waals surface area contributed by atoms with Gasteiger partial charge in [0, 0.05) is 23.1 Å². The largest absolute Gasteiger partial charge is 0.496 e. The fraction of sp³-hybridized carbons (Fsp3) is 0.211. The van der Waals surface area contributed by atoms with Gasteiger partial charge >= 0.3 is 0 Å². The third-order valence-electron chi connectivity index (χ3n) is 9.39. The van der Waals surface area contributed by atoms with Crippen molar-refractivity contribution in [3.05, 3.63) is 144 Å². The zero-order chi connectivity index (χ0) is 34.2. The molecule has 11 nitrogen and oxygen atoms in total. The number of carbonyl (C=O) groups excluding carboxylic acids is 1. The first kappa shape index (κ1) is 32.0. The summed E-state index contributed by atoms with van der Waals surface area (Å²) in [6.07, 6.45) is -1.79. The standard InChI is InChI=1S/C38H35N5O6/c1-47-29-19-11-9-17-26(29)38(25-15-7-4-8-16-25,27-18-10-12-20-30(27)48-2)34(46)32-28(44)21-37(49-32,33(45)24-13-5-3-6-14-24)43-23-42-31-35(39)40-22-41-36(31)43/h3-20,22-23,28,32,34,44,46H,21H2,1-2H3,(H2,39,40,41)/t28-,32-,34?,37-/m0/s1. The number of ketones is 1. The van der Waals surface area contributed by atoms with Gasteiger partial charge in [-0.15, -0.1) is 0 Å². The smallest absolute Gasteiger partial charge is 0.215 e. The maximum absolute atomic E-state index is 14.7. The Bertz CT molecular complexity index is 2060. The summed E-state index contributed by atoms with van der Waals surface area (Å²) in [7, 11) is 3.12. The number of Topliss-reactive ketones (excluding diaryl/α,β-unsaturated/α-hetero) is 1. The molecule has 49 heavy (non-hydrogen) atoms. The number of methoxy groups -OCH3 is 2. The molecule has 0 bridgehead atoms. The van der Waals surface area contributed by atoms with E-state index >= 15 is 0 Å². The molecule has 0 saturated carbocycles. The highest BCUT2D eigenvalue weighted by atomic mass is 16.6. The minimum Gasteiger partial charge on any atom is -0.496 e. The third kappa shape index (κ3) is 5.02. The minimum atomic E-state index is -1.88. The first-order valence-corrected chi connectivity index (χ1v) is 15.8. The fourth-order valence-electron chi connectivity index (χ4n) is 7.20. The summed E-state index contributed by atoms with van der Waals surface area (Å²) >= 11 is 0. The molecule has 1 aliphatic heterocycles. The second-order valence-corrected chi connectivity index (χ2v) is 11.9. The number of fused-ring (bicyclic) bond motifs is 1. The molecule has 1 aliphatic rings. The van der Waals surface area contributed by atoms with E-state index in [0.717, 1.165) is 0 Å². The molecule has 7 rings (SSSR count). The van der Waals surface area contributed by atoms with Crippen molar-refractivity contribution in [2.75, 3.05) is 20.0 Å². The summed E-state index contributed by atoms with van der Waals surface area (Å²) in [6.45, 7) is 0. The molecule has 2 aromatic heterocycles. The molecule has 3 heterocycles. The van der Waals surface area contributed by atoms with E-state index in [1.165, 1.54) is 17.2 Å². The average molecular weight is 658 g/mol. The summed E-state index contributed by atoms with van der Waals surface area (Å²) in [6, 6.07) is 32.8. The van der Waals surface area contributed by atoms with Crippen molar-refractivity contribution in [1.82, 2.24) is 19.5 Å². The maximum atomic E-state index is 14.7. The van der Waals surface area contributed by atoms with Gasteiger partial charge in [0.2, 0.25) is 11.5 Å². The Kier molecular flexibility index (Phi) is 8.33. The van der Waals surface area contributed by atoms with Crippen molar-refractivity contribution in [1.29, 1.82) is 0 Å². The van der Waals surface area contributed by atoms with Gasteiger partial charge in [-0.05, 0) is 17.7 Å². The molecule has 4 aromatic carbocycles. The van der Waals surface area contributed by atoms with Gasteiger partial charge in [-0.2, -0.15) is 0 Å². The zero-order valence-electron chi connectivity index (χ0n) is 26.9. The number of nitrogen functional groups attached to an aromatic ring is 1. The molecule has 4 atom stereocenters. The van der Waals surface area contributed by atoms with E-state index < -0.39 is 35.2 Å². The van der Waals surface area contributed by atoms with Crippen LogP contribution >= 0.6 is 0 Å². The number of ether oxygens (including phenoxy) is 3. The van der Waals surface area contributed by atoms with Crippen LogP contribution in [0.2, 0.25) is 0 Å². The topological polar surface area (TPSA) is 155 Å². The van der Waals surface area contributed by atoms with E-state index in [4.69, 9.17) is 19.9 Å². The van der Waals surface area contributed by atoms with Crippen LogP contribution in [0.25, 0.3) is 11.2 Å². The van der Waals surface area contributed by atoms with Gasteiger partial charge in [0.1, 0.15) is 35.6 Å². The summed E-state index contributed by atoms with van der Waals surface area (Å²) in [5, 5.41) is 25.2. The number of aliphatic hydroxyl groups excluding tert-OH is 2. The number of aliphatic hydroxyl groups is 2. The maximum Gasteiger partial charge on any atom is 0.215 e. The molecule has 0 spiro atoms. The summed E-state index contributed by atoms with van der Waals surface area (Å²) in [5.74, 6) is 0.640. The van der Waals surface area contributed by atoms with Crippen molar-refractivity contribution < 1.29 is 29.2 Å². The Labute approximate surface area is 282 Å². The molecule has 6 aromatic rings. The van der Waals surface area contributed by atoms with E-state index in [1.807, 2.05) is 78.9 Å². The molecule has 1 fully saturated rings. The number of hydrogen-bond acceptors (Lipinski definition) is 10. The third-order valence-corrected chi connectivity index (χ3v) is 9.39. The highest BCUT2D eigenvalue weighted by Gasteiger charge is 2.60. The number of nitrogens with zero attached hydrogens (tertiary/aromatic N) is 4. The predicted molar refractivity (Wildman–Crippen MR) is 182 cm³/mol. The number of aromatic nitrogens is 4. The first-order chi connectivity index (χ1) is 23.9. The molecule has 1 unspecified atom stereocenters. The lowest BCUT2D eigenvalue weighted by molar-refractivity contribution is -0.126. The number of benzene rings is 4. The van der Waals surface area contributed by atoms with Crippen molar-refractivity contribution in [3.63, 3.8) is 0 Å². The van der Waals surface area contributed by atoms with Crippen molar-refractivity contribution in [2.45, 2.75) is 35.9 Å². The van der Waals surface area contributed by atoms with Crippen LogP contribution in [0.1, 0.15) is 33.5 Å². The van der Waals surface area contributed by atoms with Crippen LogP contribution in [0.5, 0.6) is 11.5 Å². The fourth-order valence-corrected chi connectivity index (χ4v) is 7.20. The molecule has 0 radical (unpaired) electrons. The van der Waals surface area contributed by atoms with Crippen molar-refractivity contribution in [3.8, 4) is 11.5 Å². The Morgan fingerprint density at radius 1 is 0.878 bits per heavy atom. The Morgan fingerprint density at radius 2 is 1.45 bits per heavy atom. The van der Waals surface area contributed by atoms with E-state index in [2.05, 4.69) is 15.0 Å². The Hall–Kier alpha value is -5.62. The van der Waals surface area contributed by atoms with E-state index in [1.54, 1.807) is 44.6 Å². The second kappa shape index (κ2) is 12.8. The van der Waals surface area contributed by atoms with Crippen molar-refractivity contribution in [2.24, 2.45) is 0 Å². The molecular formula is C38H35N5O6. The van der Waals surface area contributed by atoms with Gasteiger partial charge in [0.25, 0.3) is 0 Å². The number of anilines is 1. The van der Waals surface area contributed by atoms with Gasteiger partial charge in [0.05, 0.1) is 32.1 Å². The summed E-state index contributed by atoms with van der Waals surface area (Å²) < 4.78 is 20.1. The number of para-hydroxylation sites is 2. The molecular weight excluding hydrogens is 622 g/mol. The second-order valence-electron chi connectivity index (χ2n) is 11.9. The molecule has 0 amide bonds. The van der Waals surface area contributed by atoms with E-state index in [9.17, 15) is 15.0 Å². The zero-order valence-corrected chi connectivity index (χ0v) is 26.9. The van der Waals surface area contributed by atoms with Crippen LogP contribution in [0.4, 0.5) is 5.82 Å². The van der Waals surface area contributed by atoms with E-state index in [-0.39, 0.29) is 23.4 Å². The first-order valence-electron chi connectivity index (χ1n) is 15.8. The molecule has 248 valence electrons. The Balaban J connectivity index is 1.49. The highest BCUT2D eigenvalue weighted by molar-refractivity contribution is 6.02. The predicted octanol–water partition coefficient (Wildman–Crippen LogP) is 4.51. The van der Waals surface area contributed by atoms with Crippen LogP contribution in [-0.4, -0.2) is 68.0 Å². The van der Waals surface area contributed by atoms with Gasteiger partial charge in [0.15, 0.2) is 11.5 Å². The summed E-state index contributed by atoms with van der Waals surface area (Å²) in [4.78, 5) is 27.6. The number of hydrogen-bond donors (Lipinski definition) is 3. The number of carbonyl (C=O) groups is 1. The minimum absolute atomic E-state index is 0.122. The van der Waals surface area contributed by atoms with E-state index in [0.29, 0.717) is 33.8 Å². The SMILES string of the molecule is COc1ccccc1C(c1ccccc1)(c1ccccc1OC)C(O)[C@H]1O[C@@](C(=O)c2ccccc2)(n2cnc3c(N)ncnc32)C[C@@H]1O. The number of rotatable bonds is 10. The molecule has 0 aliphatic carbocycles. The van der Waals surface area contributed by atoms with Crippen LogP contribution in [-0.2, 0) is 15.9 Å². The average Bonchev–Trinajstić information content (AvgIpc) is 3.75. The lowest BCUT2D eigenvalue weighted by Crippen LogP contribution is -2.52. The Morgan fingerprint density at radius 3 is 2.06 bits per heavy atom. The van der Waals surface area contributed by atoms with Crippen LogP contribution in [0.3, 0.4) is 0 Å². The van der Waals surface area contributed by atoms with Crippen LogP contribution in [0.15, 0.2) is 122 Å². The lowest BCUT2D eigenvalue weighted by Gasteiger charge is -2.44.